The molecule has 0 aromatic heterocycles. The standard InChI is InChI=1S/C16H15FN2O3/c1-18-15(20)11-6-7-13(14(9-11)22-2)19-16(21)10-4-3-5-12(17)8-10/h3-9H,1-2H3,(H,18,20)(H,19,21). The lowest BCUT2D eigenvalue weighted by Gasteiger charge is -2.11. The third-order valence-corrected chi connectivity index (χ3v) is 3.03. The summed E-state index contributed by atoms with van der Waals surface area (Å²) in [5.74, 6) is -0.882. The molecule has 0 aliphatic carbocycles. The van der Waals surface area contributed by atoms with Crippen LogP contribution in [0.15, 0.2) is 42.5 Å². The third kappa shape index (κ3) is 3.41. The van der Waals surface area contributed by atoms with Crippen LogP contribution in [0.1, 0.15) is 20.7 Å². The lowest BCUT2D eigenvalue weighted by Crippen LogP contribution is -2.18. The number of carbonyl (C=O) groups excluding carboxylic acids is 2. The summed E-state index contributed by atoms with van der Waals surface area (Å²) >= 11 is 0. The molecule has 22 heavy (non-hydrogen) atoms. The maximum absolute atomic E-state index is 13.1. The number of hydrogen-bond acceptors (Lipinski definition) is 3. The molecule has 0 unspecified atom stereocenters. The Hall–Kier alpha value is -2.89. The number of rotatable bonds is 4. The predicted octanol–water partition coefficient (Wildman–Crippen LogP) is 2.45. The van der Waals surface area contributed by atoms with E-state index in [9.17, 15) is 14.0 Å². The maximum atomic E-state index is 13.1. The molecule has 5 nitrogen and oxygen atoms in total. The van der Waals surface area contributed by atoms with Gasteiger partial charge in [0, 0.05) is 18.2 Å². The Kier molecular flexibility index (Phi) is 4.73. The van der Waals surface area contributed by atoms with Crippen molar-refractivity contribution >= 4 is 17.5 Å². The highest BCUT2D eigenvalue weighted by atomic mass is 19.1. The van der Waals surface area contributed by atoms with Crippen molar-refractivity contribution in [1.82, 2.24) is 5.32 Å². The molecule has 2 N–H and O–H groups in total. The Morgan fingerprint density at radius 1 is 1.05 bits per heavy atom. The van der Waals surface area contributed by atoms with E-state index in [0.717, 1.165) is 6.07 Å². The van der Waals surface area contributed by atoms with Gasteiger partial charge in [0.15, 0.2) is 0 Å². The van der Waals surface area contributed by atoms with Gasteiger partial charge in [-0.3, -0.25) is 9.59 Å². The monoisotopic (exact) mass is 302 g/mol. The first-order chi connectivity index (χ1) is 10.5. The average molecular weight is 302 g/mol. The molecule has 0 bridgehead atoms. The highest BCUT2D eigenvalue weighted by Crippen LogP contribution is 2.26. The van der Waals surface area contributed by atoms with Crippen LogP contribution in [0.3, 0.4) is 0 Å². The summed E-state index contributed by atoms with van der Waals surface area (Å²) < 4.78 is 18.3. The van der Waals surface area contributed by atoms with Crippen molar-refractivity contribution in [3.8, 4) is 5.75 Å². The Bertz CT molecular complexity index is 716. The van der Waals surface area contributed by atoms with E-state index in [4.69, 9.17) is 4.74 Å². The summed E-state index contributed by atoms with van der Waals surface area (Å²) in [5, 5.41) is 5.13. The van der Waals surface area contributed by atoms with Crippen LogP contribution in [0.25, 0.3) is 0 Å². The predicted molar refractivity (Wildman–Crippen MR) is 80.7 cm³/mol. The fraction of sp³-hybridized carbons (Fsp3) is 0.125. The summed E-state index contributed by atoms with van der Waals surface area (Å²) in [6.45, 7) is 0. The number of amides is 2. The average Bonchev–Trinajstić information content (AvgIpc) is 2.54. The first-order valence-electron chi connectivity index (χ1n) is 6.52. The van der Waals surface area contributed by atoms with Gasteiger partial charge in [0.05, 0.1) is 12.8 Å². The van der Waals surface area contributed by atoms with Crippen molar-refractivity contribution in [3.63, 3.8) is 0 Å². The number of anilines is 1. The topological polar surface area (TPSA) is 67.4 Å². The molecular formula is C16H15FN2O3. The number of methoxy groups -OCH3 is 1. The minimum atomic E-state index is -0.491. The second-order valence-corrected chi connectivity index (χ2v) is 4.46. The molecular weight excluding hydrogens is 287 g/mol. The summed E-state index contributed by atoms with van der Waals surface area (Å²) in [6, 6.07) is 9.99. The SMILES string of the molecule is CNC(=O)c1ccc(NC(=O)c2cccc(F)c2)c(OC)c1. The van der Waals surface area contributed by atoms with Gasteiger partial charge in [-0.15, -0.1) is 0 Å². The van der Waals surface area contributed by atoms with Gasteiger partial charge in [0.25, 0.3) is 11.8 Å². The van der Waals surface area contributed by atoms with Gasteiger partial charge in [-0.05, 0) is 36.4 Å². The van der Waals surface area contributed by atoms with Crippen LogP contribution in [0, 0.1) is 5.82 Å². The van der Waals surface area contributed by atoms with Gasteiger partial charge in [0.2, 0.25) is 0 Å². The van der Waals surface area contributed by atoms with E-state index in [-0.39, 0.29) is 11.5 Å². The van der Waals surface area contributed by atoms with Crippen LogP contribution in [0.2, 0.25) is 0 Å². The second-order valence-electron chi connectivity index (χ2n) is 4.46. The summed E-state index contributed by atoms with van der Waals surface area (Å²) in [7, 11) is 2.95. The van der Waals surface area contributed by atoms with E-state index in [1.165, 1.54) is 38.4 Å². The largest absolute Gasteiger partial charge is 0.495 e. The molecule has 2 amide bonds. The zero-order chi connectivity index (χ0) is 16.1. The number of hydrogen-bond donors (Lipinski definition) is 2. The number of nitrogens with one attached hydrogen (secondary N) is 2. The maximum Gasteiger partial charge on any atom is 0.255 e. The van der Waals surface area contributed by atoms with Gasteiger partial charge in [-0.1, -0.05) is 6.07 Å². The van der Waals surface area contributed by atoms with Crippen LogP contribution in [-0.4, -0.2) is 26.0 Å². The third-order valence-electron chi connectivity index (χ3n) is 3.03. The van der Waals surface area contributed by atoms with E-state index in [0.29, 0.717) is 17.0 Å². The Morgan fingerprint density at radius 2 is 1.77 bits per heavy atom. The fourth-order valence-corrected chi connectivity index (χ4v) is 1.90. The molecule has 0 saturated heterocycles. The highest BCUT2D eigenvalue weighted by Gasteiger charge is 2.13. The van der Waals surface area contributed by atoms with E-state index in [1.54, 1.807) is 12.1 Å². The van der Waals surface area contributed by atoms with Crippen molar-refractivity contribution < 1.29 is 18.7 Å². The van der Waals surface area contributed by atoms with Crippen LogP contribution in [0.4, 0.5) is 10.1 Å². The Balaban J connectivity index is 2.25. The van der Waals surface area contributed by atoms with Crippen molar-refractivity contribution in [3.05, 3.63) is 59.4 Å². The molecule has 0 aliphatic rings. The molecule has 0 atom stereocenters. The Morgan fingerprint density at radius 3 is 2.41 bits per heavy atom. The number of benzene rings is 2. The molecule has 0 heterocycles. The van der Waals surface area contributed by atoms with Crippen molar-refractivity contribution in [1.29, 1.82) is 0 Å². The molecule has 2 aromatic rings. The van der Waals surface area contributed by atoms with Crippen LogP contribution in [0.5, 0.6) is 5.75 Å². The van der Waals surface area contributed by atoms with Crippen molar-refractivity contribution in [2.45, 2.75) is 0 Å². The van der Waals surface area contributed by atoms with Crippen LogP contribution < -0.4 is 15.4 Å². The van der Waals surface area contributed by atoms with E-state index in [1.807, 2.05) is 0 Å². The first-order valence-corrected chi connectivity index (χ1v) is 6.52. The van der Waals surface area contributed by atoms with Crippen molar-refractivity contribution in [2.24, 2.45) is 0 Å². The molecule has 2 aromatic carbocycles. The normalized spacial score (nSPS) is 9.95. The van der Waals surface area contributed by atoms with Crippen LogP contribution in [-0.2, 0) is 0 Å². The minimum Gasteiger partial charge on any atom is -0.495 e. The summed E-state index contributed by atoms with van der Waals surface area (Å²) in [6.07, 6.45) is 0. The zero-order valence-electron chi connectivity index (χ0n) is 12.1. The lowest BCUT2D eigenvalue weighted by atomic mass is 10.1. The number of halogens is 1. The molecule has 0 fully saturated rings. The number of ether oxygens (including phenoxy) is 1. The molecule has 0 aliphatic heterocycles. The fourth-order valence-electron chi connectivity index (χ4n) is 1.90. The molecule has 2 rings (SSSR count). The minimum absolute atomic E-state index is 0.192. The van der Waals surface area contributed by atoms with Gasteiger partial charge >= 0.3 is 0 Å². The summed E-state index contributed by atoms with van der Waals surface area (Å²) in [4.78, 5) is 23.7. The first kappa shape index (κ1) is 15.5. The van der Waals surface area contributed by atoms with E-state index in [2.05, 4.69) is 10.6 Å². The van der Waals surface area contributed by atoms with Gasteiger partial charge in [0.1, 0.15) is 11.6 Å². The van der Waals surface area contributed by atoms with E-state index >= 15 is 0 Å². The molecule has 0 saturated carbocycles. The molecule has 0 spiro atoms. The smallest absolute Gasteiger partial charge is 0.255 e. The lowest BCUT2D eigenvalue weighted by molar-refractivity contribution is 0.0962. The Labute approximate surface area is 127 Å². The van der Waals surface area contributed by atoms with Gasteiger partial charge in [-0.2, -0.15) is 0 Å². The molecule has 114 valence electrons. The molecule has 0 radical (unpaired) electrons. The quantitative estimate of drug-likeness (QED) is 0.911. The van der Waals surface area contributed by atoms with Gasteiger partial charge < -0.3 is 15.4 Å². The highest BCUT2D eigenvalue weighted by molar-refractivity contribution is 6.05. The zero-order valence-corrected chi connectivity index (χ0v) is 12.1. The second kappa shape index (κ2) is 6.71. The number of carbonyl (C=O) groups is 2. The van der Waals surface area contributed by atoms with E-state index < -0.39 is 11.7 Å². The summed E-state index contributed by atoms with van der Waals surface area (Å²) in [5.41, 5.74) is 0.991. The molecule has 6 heteroatoms. The van der Waals surface area contributed by atoms with Gasteiger partial charge in [-0.25, -0.2) is 4.39 Å². The van der Waals surface area contributed by atoms with Crippen molar-refractivity contribution in [2.75, 3.05) is 19.5 Å². The van der Waals surface area contributed by atoms with Crippen LogP contribution >= 0.6 is 0 Å².